The van der Waals surface area contributed by atoms with Gasteiger partial charge in [-0.1, -0.05) is 69.5 Å². The van der Waals surface area contributed by atoms with E-state index in [-0.39, 0.29) is 41.8 Å². The standard InChI is InChI=1S/C18H28N2O.C17H26N2O.ClH.H2O/c1-4-5-12-20-13-7-6-11-16(20)18(21)19-17-14(2)9-8-10-15(17)3;1-4-11-19-12-6-5-10-15(19)17(20)18-16-13(2)8-7-9-14(16)3;;/h8-10,16H,4-7,11-13H2,1-3H3,(H,19,21);7-9,15H,4-6,10-12H2,1-3H3,(H,18,20);1H;1H2/t;15-;;/m.0../s1. The second-order valence-electron chi connectivity index (χ2n) is 12.0. The van der Waals surface area contributed by atoms with Gasteiger partial charge in [-0.3, -0.25) is 19.4 Å². The topological polar surface area (TPSA) is 96.2 Å². The van der Waals surface area contributed by atoms with Gasteiger partial charge < -0.3 is 16.1 Å². The van der Waals surface area contributed by atoms with Crippen molar-refractivity contribution in [1.82, 2.24) is 9.80 Å². The predicted octanol–water partition coefficient (Wildman–Crippen LogP) is 7.00. The molecule has 8 heteroatoms. The summed E-state index contributed by atoms with van der Waals surface area (Å²) in [6.07, 6.45) is 10.2. The summed E-state index contributed by atoms with van der Waals surface area (Å²) < 4.78 is 0. The number of halogens is 1. The van der Waals surface area contributed by atoms with Crippen molar-refractivity contribution in [3.05, 3.63) is 58.7 Å². The van der Waals surface area contributed by atoms with Crippen LogP contribution >= 0.6 is 12.4 Å². The summed E-state index contributed by atoms with van der Waals surface area (Å²) in [5, 5.41) is 6.33. The van der Waals surface area contributed by atoms with E-state index in [0.29, 0.717) is 0 Å². The largest absolute Gasteiger partial charge is 0.412 e. The molecule has 2 amide bonds. The molecule has 0 aliphatic carbocycles. The van der Waals surface area contributed by atoms with E-state index in [2.05, 4.69) is 60.3 Å². The number of carbonyl (C=O) groups is 2. The highest BCUT2D eigenvalue weighted by Gasteiger charge is 2.29. The van der Waals surface area contributed by atoms with Crippen LogP contribution in [0.2, 0.25) is 0 Å². The first-order valence-electron chi connectivity index (χ1n) is 16.0. The van der Waals surface area contributed by atoms with Gasteiger partial charge in [0.2, 0.25) is 11.8 Å². The van der Waals surface area contributed by atoms with Crippen molar-refractivity contribution in [3.8, 4) is 0 Å². The van der Waals surface area contributed by atoms with Crippen LogP contribution in [0.4, 0.5) is 11.4 Å². The Balaban J connectivity index is 0.000000411. The molecule has 2 aromatic carbocycles. The minimum Gasteiger partial charge on any atom is -0.412 e. The van der Waals surface area contributed by atoms with E-state index in [0.717, 1.165) is 91.9 Å². The van der Waals surface area contributed by atoms with Gasteiger partial charge in [-0.05, 0) is 115 Å². The van der Waals surface area contributed by atoms with Crippen molar-refractivity contribution in [2.24, 2.45) is 0 Å². The van der Waals surface area contributed by atoms with Crippen LogP contribution in [0, 0.1) is 27.7 Å². The highest BCUT2D eigenvalue weighted by Crippen LogP contribution is 2.24. The normalized spacial score (nSPS) is 18.7. The number of amides is 2. The molecule has 2 fully saturated rings. The third-order valence-corrected chi connectivity index (χ3v) is 8.60. The van der Waals surface area contributed by atoms with Gasteiger partial charge in [-0.2, -0.15) is 0 Å². The van der Waals surface area contributed by atoms with Gasteiger partial charge in [0.05, 0.1) is 12.1 Å². The molecular formula is C35H57ClN4O3. The Morgan fingerprint density at radius 2 is 1.07 bits per heavy atom. The third kappa shape index (κ3) is 11.2. The fourth-order valence-electron chi connectivity index (χ4n) is 6.20. The Hall–Kier alpha value is -2.45. The zero-order valence-electron chi connectivity index (χ0n) is 27.4. The van der Waals surface area contributed by atoms with E-state index in [9.17, 15) is 9.59 Å². The molecule has 4 rings (SSSR count). The van der Waals surface area contributed by atoms with Crippen molar-refractivity contribution < 1.29 is 15.1 Å². The molecule has 7 nitrogen and oxygen atoms in total. The Morgan fingerprint density at radius 3 is 1.44 bits per heavy atom. The van der Waals surface area contributed by atoms with E-state index in [1.165, 1.54) is 25.7 Å². The van der Waals surface area contributed by atoms with Gasteiger partial charge in [0.1, 0.15) is 0 Å². The lowest BCUT2D eigenvalue weighted by Crippen LogP contribution is -2.47. The number of anilines is 2. The van der Waals surface area contributed by atoms with Crippen molar-refractivity contribution >= 4 is 35.6 Å². The Morgan fingerprint density at radius 1 is 0.674 bits per heavy atom. The third-order valence-electron chi connectivity index (χ3n) is 8.60. The van der Waals surface area contributed by atoms with Crippen molar-refractivity contribution in [3.63, 3.8) is 0 Å². The summed E-state index contributed by atoms with van der Waals surface area (Å²) in [5.74, 6) is 0.332. The molecule has 0 radical (unpaired) electrons. The molecule has 2 aromatic rings. The summed E-state index contributed by atoms with van der Waals surface area (Å²) in [4.78, 5) is 30.0. The number of benzene rings is 2. The summed E-state index contributed by atoms with van der Waals surface area (Å²) >= 11 is 0. The average Bonchev–Trinajstić information content (AvgIpc) is 2.97. The number of hydrogen-bond donors (Lipinski definition) is 2. The first-order valence-corrected chi connectivity index (χ1v) is 16.0. The quantitative estimate of drug-likeness (QED) is 0.317. The van der Waals surface area contributed by atoms with Gasteiger partial charge in [0.25, 0.3) is 0 Å². The second kappa shape index (κ2) is 19.8. The van der Waals surface area contributed by atoms with E-state index >= 15 is 0 Å². The number of aryl methyl sites for hydroxylation is 4. The van der Waals surface area contributed by atoms with Crippen LogP contribution in [-0.4, -0.2) is 65.4 Å². The number of hydrogen-bond acceptors (Lipinski definition) is 4. The fourth-order valence-corrected chi connectivity index (χ4v) is 6.20. The summed E-state index contributed by atoms with van der Waals surface area (Å²) in [6.45, 7) is 16.8. The molecule has 2 aliphatic rings. The smallest absolute Gasteiger partial charge is 0.241 e. The van der Waals surface area contributed by atoms with Gasteiger partial charge in [0.15, 0.2) is 0 Å². The highest BCUT2D eigenvalue weighted by molar-refractivity contribution is 5.96. The molecule has 0 bridgehead atoms. The summed E-state index contributed by atoms with van der Waals surface area (Å²) in [7, 11) is 0. The maximum absolute atomic E-state index is 12.7. The second-order valence-corrected chi connectivity index (χ2v) is 12.0. The first-order chi connectivity index (χ1) is 19.8. The van der Waals surface area contributed by atoms with Crippen molar-refractivity contribution in [1.29, 1.82) is 0 Å². The lowest BCUT2D eigenvalue weighted by atomic mass is 10.00. The lowest BCUT2D eigenvalue weighted by Gasteiger charge is -2.34. The molecule has 0 saturated carbocycles. The Kier molecular flexibility index (Phi) is 17.7. The van der Waals surface area contributed by atoms with E-state index in [1.54, 1.807) is 0 Å². The highest BCUT2D eigenvalue weighted by atomic mass is 35.5. The SMILES string of the molecule is CCCCN1CCCCC1C(=O)Nc1c(C)cccc1C.CCCN1CCCC[C@H]1C(=O)Nc1c(C)cccc1C.Cl.O. The predicted molar refractivity (Wildman–Crippen MR) is 184 cm³/mol. The maximum atomic E-state index is 12.7. The molecule has 2 atom stereocenters. The van der Waals surface area contributed by atoms with Crippen molar-refractivity contribution in [2.75, 3.05) is 36.8 Å². The number of piperidine rings is 2. The lowest BCUT2D eigenvalue weighted by molar-refractivity contribution is -0.123. The zero-order chi connectivity index (χ0) is 29.8. The molecular weight excluding hydrogens is 560 g/mol. The van der Waals surface area contributed by atoms with Crippen LogP contribution in [-0.2, 0) is 9.59 Å². The number of carbonyl (C=O) groups excluding carboxylic acids is 2. The number of likely N-dealkylation sites (tertiary alicyclic amines) is 2. The number of rotatable bonds is 9. The Bertz CT molecular complexity index is 1100. The fraction of sp³-hybridized carbons (Fsp3) is 0.600. The minimum absolute atomic E-state index is 0. The van der Waals surface area contributed by atoms with Crippen LogP contribution in [0.3, 0.4) is 0 Å². The molecule has 2 saturated heterocycles. The monoisotopic (exact) mass is 616 g/mol. The van der Waals surface area contributed by atoms with Gasteiger partial charge in [0, 0.05) is 11.4 Å². The molecule has 2 aliphatic heterocycles. The van der Waals surface area contributed by atoms with Crippen LogP contribution in [0.15, 0.2) is 36.4 Å². The molecule has 43 heavy (non-hydrogen) atoms. The Labute approximate surface area is 266 Å². The van der Waals surface area contributed by atoms with Crippen LogP contribution in [0.25, 0.3) is 0 Å². The molecule has 1 unspecified atom stereocenters. The number of unbranched alkanes of at least 4 members (excludes halogenated alkanes) is 1. The van der Waals surface area contributed by atoms with Gasteiger partial charge in [-0.25, -0.2) is 0 Å². The first kappa shape index (κ1) is 38.6. The minimum atomic E-state index is 0. The molecule has 242 valence electrons. The molecule has 4 N–H and O–H groups in total. The van der Waals surface area contributed by atoms with Gasteiger partial charge in [-0.15, -0.1) is 12.4 Å². The molecule has 0 aromatic heterocycles. The van der Waals surface area contributed by atoms with E-state index in [4.69, 9.17) is 0 Å². The van der Waals surface area contributed by atoms with E-state index in [1.807, 2.05) is 38.1 Å². The van der Waals surface area contributed by atoms with Crippen LogP contribution in [0.1, 0.15) is 93.9 Å². The number of nitrogens with one attached hydrogen (secondary N) is 2. The van der Waals surface area contributed by atoms with Crippen LogP contribution < -0.4 is 10.6 Å². The van der Waals surface area contributed by atoms with Gasteiger partial charge >= 0.3 is 0 Å². The molecule has 2 heterocycles. The number of nitrogens with zero attached hydrogens (tertiary/aromatic N) is 2. The van der Waals surface area contributed by atoms with Crippen LogP contribution in [0.5, 0.6) is 0 Å². The summed E-state index contributed by atoms with van der Waals surface area (Å²) in [6, 6.07) is 12.4. The zero-order valence-corrected chi connectivity index (χ0v) is 28.2. The van der Waals surface area contributed by atoms with E-state index < -0.39 is 0 Å². The van der Waals surface area contributed by atoms with Crippen molar-refractivity contribution in [2.45, 2.75) is 111 Å². The number of para-hydroxylation sites is 2. The maximum Gasteiger partial charge on any atom is 0.241 e. The molecule has 0 spiro atoms. The average molecular weight is 617 g/mol. The summed E-state index contributed by atoms with van der Waals surface area (Å²) in [5.41, 5.74) is 6.52.